The van der Waals surface area contributed by atoms with E-state index in [-0.39, 0.29) is 18.5 Å². The summed E-state index contributed by atoms with van der Waals surface area (Å²) in [7, 11) is 1.59. The molecule has 1 fully saturated rings. The molecule has 0 saturated carbocycles. The van der Waals surface area contributed by atoms with Crippen LogP contribution in [0.2, 0.25) is 0 Å². The highest BCUT2D eigenvalue weighted by Gasteiger charge is 2.25. The van der Waals surface area contributed by atoms with Gasteiger partial charge in [-0.25, -0.2) is 0 Å². The minimum atomic E-state index is -0.899. The Balaban J connectivity index is 2.24. The first-order valence-corrected chi connectivity index (χ1v) is 5.77. The van der Waals surface area contributed by atoms with Gasteiger partial charge in [0.1, 0.15) is 0 Å². The third-order valence-electron chi connectivity index (χ3n) is 2.87. The Bertz CT molecular complexity index is 225. The van der Waals surface area contributed by atoms with Crippen LogP contribution in [0.1, 0.15) is 26.2 Å². The van der Waals surface area contributed by atoms with Gasteiger partial charge in [-0.2, -0.15) is 0 Å². The van der Waals surface area contributed by atoms with Crippen molar-refractivity contribution in [1.82, 2.24) is 10.6 Å². The SMILES string of the molecule is COCCC(C)(O)CNC(=O)C1CCCN1. The molecule has 0 radical (unpaired) electrons. The van der Waals surface area contributed by atoms with Gasteiger partial charge in [0.2, 0.25) is 5.91 Å². The summed E-state index contributed by atoms with van der Waals surface area (Å²) >= 11 is 0. The van der Waals surface area contributed by atoms with Crippen molar-refractivity contribution in [3.05, 3.63) is 0 Å². The summed E-state index contributed by atoms with van der Waals surface area (Å²) in [6, 6.07) is -0.0850. The Labute approximate surface area is 96.6 Å². The standard InChI is InChI=1S/C11H22N2O3/c1-11(15,5-7-16-2)8-13-10(14)9-4-3-6-12-9/h9,12,15H,3-8H2,1-2H3,(H,13,14). The highest BCUT2D eigenvalue weighted by atomic mass is 16.5. The number of rotatable bonds is 6. The molecule has 1 amide bonds. The average Bonchev–Trinajstić information content (AvgIpc) is 2.77. The van der Waals surface area contributed by atoms with Crippen molar-refractivity contribution in [2.75, 3.05) is 26.8 Å². The van der Waals surface area contributed by atoms with Gasteiger partial charge >= 0.3 is 0 Å². The van der Waals surface area contributed by atoms with Gasteiger partial charge < -0.3 is 20.5 Å². The van der Waals surface area contributed by atoms with E-state index in [4.69, 9.17) is 4.74 Å². The molecule has 0 spiro atoms. The van der Waals surface area contributed by atoms with E-state index in [1.54, 1.807) is 14.0 Å². The molecule has 94 valence electrons. The molecule has 5 heteroatoms. The van der Waals surface area contributed by atoms with Gasteiger partial charge in [0, 0.05) is 26.7 Å². The summed E-state index contributed by atoms with van der Waals surface area (Å²) in [5.74, 6) is -0.0183. The van der Waals surface area contributed by atoms with Gasteiger partial charge in [-0.05, 0) is 26.3 Å². The van der Waals surface area contributed by atoms with Crippen LogP contribution in [-0.4, -0.2) is 49.5 Å². The lowest BCUT2D eigenvalue weighted by atomic mass is 10.0. The molecule has 1 saturated heterocycles. The number of nitrogens with one attached hydrogen (secondary N) is 2. The predicted molar refractivity (Wildman–Crippen MR) is 61.2 cm³/mol. The number of hydrogen-bond acceptors (Lipinski definition) is 4. The fourth-order valence-electron chi connectivity index (χ4n) is 1.72. The molecule has 1 aliphatic rings. The van der Waals surface area contributed by atoms with Gasteiger partial charge in [-0.3, -0.25) is 4.79 Å². The summed E-state index contributed by atoms with van der Waals surface area (Å²) in [6.45, 7) is 3.37. The predicted octanol–water partition coefficient (Wildman–Crippen LogP) is -0.358. The van der Waals surface area contributed by atoms with Crippen LogP contribution < -0.4 is 10.6 Å². The fraction of sp³-hybridized carbons (Fsp3) is 0.909. The van der Waals surface area contributed by atoms with Gasteiger partial charge in [-0.15, -0.1) is 0 Å². The first kappa shape index (κ1) is 13.4. The maximum Gasteiger partial charge on any atom is 0.237 e. The van der Waals surface area contributed by atoms with Crippen molar-refractivity contribution in [2.24, 2.45) is 0 Å². The number of aliphatic hydroxyl groups is 1. The molecule has 1 aliphatic heterocycles. The van der Waals surface area contributed by atoms with Gasteiger partial charge in [0.25, 0.3) is 0 Å². The van der Waals surface area contributed by atoms with Crippen molar-refractivity contribution in [2.45, 2.75) is 37.8 Å². The molecule has 2 atom stereocenters. The second-order valence-corrected chi connectivity index (χ2v) is 4.61. The van der Waals surface area contributed by atoms with E-state index in [0.29, 0.717) is 13.0 Å². The molecule has 0 aromatic rings. The summed E-state index contributed by atoms with van der Waals surface area (Å²) < 4.78 is 4.90. The molecule has 0 aromatic carbocycles. The van der Waals surface area contributed by atoms with Crippen molar-refractivity contribution >= 4 is 5.91 Å². The third kappa shape index (κ3) is 4.47. The summed E-state index contributed by atoms with van der Waals surface area (Å²) in [5.41, 5.74) is -0.899. The topological polar surface area (TPSA) is 70.6 Å². The summed E-state index contributed by atoms with van der Waals surface area (Å²) in [6.07, 6.45) is 2.44. The number of methoxy groups -OCH3 is 1. The fourth-order valence-corrected chi connectivity index (χ4v) is 1.72. The monoisotopic (exact) mass is 230 g/mol. The molecular formula is C11H22N2O3. The molecule has 2 unspecified atom stereocenters. The first-order chi connectivity index (χ1) is 7.55. The van der Waals surface area contributed by atoms with E-state index in [0.717, 1.165) is 19.4 Å². The van der Waals surface area contributed by atoms with Crippen LogP contribution in [0.4, 0.5) is 0 Å². The Hall–Kier alpha value is -0.650. The van der Waals surface area contributed by atoms with E-state index in [1.165, 1.54) is 0 Å². The highest BCUT2D eigenvalue weighted by molar-refractivity contribution is 5.82. The van der Waals surface area contributed by atoms with E-state index in [9.17, 15) is 9.90 Å². The van der Waals surface area contributed by atoms with Crippen LogP contribution in [0.5, 0.6) is 0 Å². The van der Waals surface area contributed by atoms with E-state index in [2.05, 4.69) is 10.6 Å². The zero-order valence-electron chi connectivity index (χ0n) is 10.1. The number of carbonyl (C=O) groups is 1. The molecular weight excluding hydrogens is 208 g/mol. The summed E-state index contributed by atoms with van der Waals surface area (Å²) in [4.78, 5) is 11.6. The molecule has 0 bridgehead atoms. The minimum absolute atomic E-state index is 0.0183. The third-order valence-corrected chi connectivity index (χ3v) is 2.87. The highest BCUT2D eigenvalue weighted by Crippen LogP contribution is 2.09. The Morgan fingerprint density at radius 3 is 3.00 bits per heavy atom. The van der Waals surface area contributed by atoms with Gasteiger partial charge in [0.05, 0.1) is 11.6 Å². The van der Waals surface area contributed by atoms with Gasteiger partial charge in [0.15, 0.2) is 0 Å². The largest absolute Gasteiger partial charge is 0.388 e. The van der Waals surface area contributed by atoms with Crippen LogP contribution >= 0.6 is 0 Å². The van der Waals surface area contributed by atoms with Crippen molar-refractivity contribution in [3.63, 3.8) is 0 Å². The Morgan fingerprint density at radius 2 is 2.44 bits per heavy atom. The molecule has 1 heterocycles. The second-order valence-electron chi connectivity index (χ2n) is 4.61. The zero-order chi connectivity index (χ0) is 12.0. The van der Waals surface area contributed by atoms with Crippen LogP contribution in [-0.2, 0) is 9.53 Å². The molecule has 3 N–H and O–H groups in total. The first-order valence-electron chi connectivity index (χ1n) is 5.77. The Morgan fingerprint density at radius 1 is 1.69 bits per heavy atom. The quantitative estimate of drug-likeness (QED) is 0.583. The van der Waals surface area contributed by atoms with Crippen LogP contribution in [0.3, 0.4) is 0 Å². The van der Waals surface area contributed by atoms with Crippen molar-refractivity contribution in [3.8, 4) is 0 Å². The number of ether oxygens (including phenoxy) is 1. The smallest absolute Gasteiger partial charge is 0.237 e. The number of amides is 1. The van der Waals surface area contributed by atoms with Gasteiger partial charge in [-0.1, -0.05) is 0 Å². The lowest BCUT2D eigenvalue weighted by Gasteiger charge is -2.24. The number of carbonyl (C=O) groups excluding carboxylic acids is 1. The van der Waals surface area contributed by atoms with Crippen LogP contribution in [0.25, 0.3) is 0 Å². The average molecular weight is 230 g/mol. The van der Waals surface area contributed by atoms with Crippen LogP contribution in [0.15, 0.2) is 0 Å². The van der Waals surface area contributed by atoms with E-state index in [1.807, 2.05) is 0 Å². The number of hydrogen-bond donors (Lipinski definition) is 3. The van der Waals surface area contributed by atoms with E-state index < -0.39 is 5.60 Å². The van der Waals surface area contributed by atoms with E-state index >= 15 is 0 Å². The molecule has 16 heavy (non-hydrogen) atoms. The van der Waals surface area contributed by atoms with Crippen molar-refractivity contribution < 1.29 is 14.6 Å². The van der Waals surface area contributed by atoms with Crippen molar-refractivity contribution in [1.29, 1.82) is 0 Å². The lowest BCUT2D eigenvalue weighted by molar-refractivity contribution is -0.124. The molecule has 5 nitrogen and oxygen atoms in total. The molecule has 0 aromatic heterocycles. The second kappa shape index (κ2) is 6.18. The lowest BCUT2D eigenvalue weighted by Crippen LogP contribution is -2.47. The maximum atomic E-state index is 11.6. The molecule has 0 aliphatic carbocycles. The minimum Gasteiger partial charge on any atom is -0.388 e. The van der Waals surface area contributed by atoms with Crippen LogP contribution in [0, 0.1) is 0 Å². The maximum absolute atomic E-state index is 11.6. The summed E-state index contributed by atoms with van der Waals surface area (Å²) in [5, 5.41) is 15.8. The normalized spacial score (nSPS) is 24.1. The zero-order valence-corrected chi connectivity index (χ0v) is 10.1. The molecule has 1 rings (SSSR count). The Kier molecular flexibility index (Phi) is 5.18.